The van der Waals surface area contributed by atoms with E-state index in [-0.39, 0.29) is 0 Å². The molecule has 1 atom stereocenters. The summed E-state index contributed by atoms with van der Waals surface area (Å²) < 4.78 is 0.396. The summed E-state index contributed by atoms with van der Waals surface area (Å²) in [6, 6.07) is 8.60. The van der Waals surface area contributed by atoms with Crippen molar-refractivity contribution in [3.05, 3.63) is 34.9 Å². The molecule has 1 fully saturated rings. The second-order valence-electron chi connectivity index (χ2n) is 6.07. The predicted octanol–water partition coefficient (Wildman–Crippen LogP) is 3.82. The maximum atomic E-state index is 5.96. The summed E-state index contributed by atoms with van der Waals surface area (Å²) in [4.78, 5) is 2.59. The predicted molar refractivity (Wildman–Crippen MR) is 90.8 cm³/mol. The van der Waals surface area contributed by atoms with Gasteiger partial charge in [-0.25, -0.2) is 0 Å². The Morgan fingerprint density at radius 1 is 1.35 bits per heavy atom. The van der Waals surface area contributed by atoms with Crippen LogP contribution in [0.15, 0.2) is 24.3 Å². The van der Waals surface area contributed by atoms with Crippen LogP contribution < -0.4 is 5.32 Å². The van der Waals surface area contributed by atoms with Crippen LogP contribution in [-0.4, -0.2) is 42.1 Å². The molecule has 4 heteroatoms. The molecule has 1 aliphatic heterocycles. The van der Waals surface area contributed by atoms with Crippen LogP contribution in [0.1, 0.15) is 31.9 Å². The monoisotopic (exact) mass is 312 g/mol. The summed E-state index contributed by atoms with van der Waals surface area (Å²) in [6.07, 6.45) is 1.14. The molecule has 1 N–H and O–H groups in total. The highest BCUT2D eigenvalue weighted by Crippen LogP contribution is 2.30. The fourth-order valence-corrected chi connectivity index (χ4v) is 4.09. The van der Waals surface area contributed by atoms with Crippen LogP contribution in [0.25, 0.3) is 0 Å². The highest BCUT2D eigenvalue weighted by Gasteiger charge is 2.27. The van der Waals surface area contributed by atoms with E-state index in [1.807, 2.05) is 19.2 Å². The second kappa shape index (κ2) is 7.17. The number of hydrogen-bond donors (Lipinski definition) is 1. The van der Waals surface area contributed by atoms with Gasteiger partial charge in [0, 0.05) is 41.2 Å². The summed E-state index contributed by atoms with van der Waals surface area (Å²) >= 11 is 8.05. The zero-order valence-electron chi connectivity index (χ0n) is 12.7. The van der Waals surface area contributed by atoms with Crippen LogP contribution in [0, 0.1) is 0 Å². The quantitative estimate of drug-likeness (QED) is 0.890. The first-order valence-electron chi connectivity index (χ1n) is 7.29. The lowest BCUT2D eigenvalue weighted by Crippen LogP contribution is -2.44. The maximum absolute atomic E-state index is 5.96. The van der Waals surface area contributed by atoms with E-state index in [0.717, 1.165) is 18.0 Å². The van der Waals surface area contributed by atoms with Crippen molar-refractivity contribution in [2.24, 2.45) is 0 Å². The van der Waals surface area contributed by atoms with E-state index < -0.39 is 0 Å². The molecule has 1 aromatic carbocycles. The van der Waals surface area contributed by atoms with E-state index in [0.29, 0.717) is 10.8 Å². The molecule has 0 bridgehead atoms. The summed E-state index contributed by atoms with van der Waals surface area (Å²) in [5.41, 5.74) is 1.32. The standard InChI is InChI=1S/C16H25ClN2S/c1-16(2)12-19(10-11-20-16)9-8-15(18-3)13-4-6-14(17)7-5-13/h4-7,15,18H,8-12H2,1-3H3. The average Bonchev–Trinajstić information content (AvgIpc) is 2.40. The molecule has 1 unspecified atom stereocenters. The smallest absolute Gasteiger partial charge is 0.0406 e. The minimum atomic E-state index is 0.396. The normalized spacial score (nSPS) is 20.8. The topological polar surface area (TPSA) is 15.3 Å². The molecular weight excluding hydrogens is 288 g/mol. The zero-order chi connectivity index (χ0) is 14.6. The van der Waals surface area contributed by atoms with Crippen LogP contribution >= 0.6 is 23.4 Å². The number of hydrogen-bond acceptors (Lipinski definition) is 3. The Morgan fingerprint density at radius 3 is 2.65 bits per heavy atom. The number of nitrogens with zero attached hydrogens (tertiary/aromatic N) is 1. The minimum Gasteiger partial charge on any atom is -0.313 e. The maximum Gasteiger partial charge on any atom is 0.0406 e. The van der Waals surface area contributed by atoms with Crippen LogP contribution in [0.4, 0.5) is 0 Å². The molecule has 0 saturated carbocycles. The lowest BCUT2D eigenvalue weighted by molar-refractivity contribution is 0.247. The van der Waals surface area contributed by atoms with Crippen molar-refractivity contribution in [2.75, 3.05) is 32.4 Å². The molecule has 0 amide bonds. The number of thioether (sulfide) groups is 1. The lowest BCUT2D eigenvalue weighted by Gasteiger charge is -2.38. The van der Waals surface area contributed by atoms with Crippen molar-refractivity contribution in [3.8, 4) is 0 Å². The molecule has 1 aromatic rings. The SMILES string of the molecule is CNC(CCN1CCSC(C)(C)C1)c1ccc(Cl)cc1. The van der Waals surface area contributed by atoms with Gasteiger partial charge in [0.05, 0.1) is 0 Å². The van der Waals surface area contributed by atoms with Crippen LogP contribution in [0.3, 0.4) is 0 Å². The third-order valence-electron chi connectivity index (χ3n) is 3.86. The summed E-state index contributed by atoms with van der Waals surface area (Å²) in [7, 11) is 2.04. The summed E-state index contributed by atoms with van der Waals surface area (Å²) in [5, 5.41) is 4.23. The van der Waals surface area contributed by atoms with Gasteiger partial charge in [0.1, 0.15) is 0 Å². The van der Waals surface area contributed by atoms with Crippen molar-refractivity contribution >= 4 is 23.4 Å². The zero-order valence-corrected chi connectivity index (χ0v) is 14.2. The Morgan fingerprint density at radius 2 is 2.05 bits per heavy atom. The van der Waals surface area contributed by atoms with Gasteiger partial charge in [0.2, 0.25) is 0 Å². The highest BCUT2D eigenvalue weighted by atomic mass is 35.5. The van der Waals surface area contributed by atoms with Crippen LogP contribution in [0.5, 0.6) is 0 Å². The molecule has 1 aliphatic rings. The first kappa shape index (κ1) is 16.2. The third-order valence-corrected chi connectivity index (χ3v) is 5.41. The highest BCUT2D eigenvalue weighted by molar-refractivity contribution is 8.00. The summed E-state index contributed by atoms with van der Waals surface area (Å²) in [6.45, 7) is 8.25. The average molecular weight is 313 g/mol. The molecule has 0 spiro atoms. The van der Waals surface area contributed by atoms with Gasteiger partial charge in [-0.05, 0) is 45.0 Å². The van der Waals surface area contributed by atoms with Crippen molar-refractivity contribution in [2.45, 2.75) is 31.1 Å². The first-order valence-corrected chi connectivity index (χ1v) is 8.65. The van der Waals surface area contributed by atoms with Gasteiger partial charge in [-0.3, -0.25) is 0 Å². The number of rotatable bonds is 5. The molecule has 1 saturated heterocycles. The van der Waals surface area contributed by atoms with E-state index in [1.165, 1.54) is 24.4 Å². The molecular formula is C16H25ClN2S. The Kier molecular flexibility index (Phi) is 5.79. The molecule has 2 rings (SSSR count). The molecule has 0 aliphatic carbocycles. The second-order valence-corrected chi connectivity index (χ2v) is 8.30. The van der Waals surface area contributed by atoms with Crippen molar-refractivity contribution in [1.29, 1.82) is 0 Å². The third kappa shape index (κ3) is 4.66. The Labute approximate surface area is 132 Å². The Bertz CT molecular complexity index is 419. The van der Waals surface area contributed by atoms with Crippen LogP contribution in [0.2, 0.25) is 5.02 Å². The Balaban J connectivity index is 1.89. The van der Waals surface area contributed by atoms with Crippen molar-refractivity contribution < 1.29 is 0 Å². The number of halogens is 1. The van der Waals surface area contributed by atoms with Crippen molar-refractivity contribution in [1.82, 2.24) is 10.2 Å². The van der Waals surface area contributed by atoms with E-state index in [2.05, 4.69) is 48.0 Å². The van der Waals surface area contributed by atoms with Gasteiger partial charge in [-0.1, -0.05) is 23.7 Å². The molecule has 112 valence electrons. The van der Waals surface area contributed by atoms with Gasteiger partial charge in [0.25, 0.3) is 0 Å². The van der Waals surface area contributed by atoms with Gasteiger partial charge in [-0.15, -0.1) is 0 Å². The number of nitrogens with one attached hydrogen (secondary N) is 1. The first-order chi connectivity index (χ1) is 9.50. The summed E-state index contributed by atoms with van der Waals surface area (Å²) in [5.74, 6) is 1.25. The Hall–Kier alpha value is -0.220. The lowest BCUT2D eigenvalue weighted by atomic mass is 10.0. The van der Waals surface area contributed by atoms with Gasteiger partial charge in [-0.2, -0.15) is 11.8 Å². The molecule has 0 radical (unpaired) electrons. The minimum absolute atomic E-state index is 0.396. The van der Waals surface area contributed by atoms with Gasteiger partial charge in [0.15, 0.2) is 0 Å². The fourth-order valence-electron chi connectivity index (χ4n) is 2.79. The van der Waals surface area contributed by atoms with Gasteiger partial charge < -0.3 is 10.2 Å². The number of benzene rings is 1. The van der Waals surface area contributed by atoms with E-state index >= 15 is 0 Å². The fraction of sp³-hybridized carbons (Fsp3) is 0.625. The van der Waals surface area contributed by atoms with E-state index in [4.69, 9.17) is 11.6 Å². The molecule has 0 aromatic heterocycles. The largest absolute Gasteiger partial charge is 0.313 e. The van der Waals surface area contributed by atoms with E-state index in [1.54, 1.807) is 0 Å². The molecule has 2 nitrogen and oxygen atoms in total. The van der Waals surface area contributed by atoms with E-state index in [9.17, 15) is 0 Å². The molecule has 1 heterocycles. The van der Waals surface area contributed by atoms with Crippen molar-refractivity contribution in [3.63, 3.8) is 0 Å². The van der Waals surface area contributed by atoms with Crippen LogP contribution in [-0.2, 0) is 0 Å². The molecule has 20 heavy (non-hydrogen) atoms. The van der Waals surface area contributed by atoms with Gasteiger partial charge >= 0.3 is 0 Å².